The predicted molar refractivity (Wildman–Crippen MR) is 75.0 cm³/mol. The van der Waals surface area contributed by atoms with Gasteiger partial charge < -0.3 is 15.7 Å². The monoisotopic (exact) mass is 332 g/mol. The van der Waals surface area contributed by atoms with E-state index in [0.717, 1.165) is 0 Å². The maximum Gasteiger partial charge on any atom is 0.405 e. The van der Waals surface area contributed by atoms with Gasteiger partial charge in [-0.2, -0.15) is 13.2 Å². The Balaban J connectivity index is 2.89. The number of benzene rings is 1. The van der Waals surface area contributed by atoms with Crippen LogP contribution in [0.5, 0.6) is 0 Å². The van der Waals surface area contributed by atoms with Gasteiger partial charge in [0.05, 0.1) is 0 Å². The Hall–Kier alpha value is -2.58. The molecule has 0 saturated carbocycles. The minimum Gasteiger partial charge on any atom is -0.481 e. The number of nitrogens with one attached hydrogen (secondary N) is 2. The summed E-state index contributed by atoms with van der Waals surface area (Å²) in [4.78, 5) is 34.1. The first-order chi connectivity index (χ1) is 10.5. The van der Waals surface area contributed by atoms with Gasteiger partial charge in [-0.15, -0.1) is 0 Å². The van der Waals surface area contributed by atoms with E-state index in [9.17, 15) is 27.6 Å². The van der Waals surface area contributed by atoms with Crippen LogP contribution in [0, 0.1) is 12.8 Å². The van der Waals surface area contributed by atoms with E-state index in [1.165, 1.54) is 25.1 Å². The average molecular weight is 332 g/mol. The van der Waals surface area contributed by atoms with Crippen molar-refractivity contribution in [2.45, 2.75) is 20.0 Å². The third-order valence-corrected chi connectivity index (χ3v) is 2.97. The van der Waals surface area contributed by atoms with Gasteiger partial charge in [0.15, 0.2) is 0 Å². The lowest BCUT2D eigenvalue weighted by molar-refractivity contribution is -0.144. The first-order valence-corrected chi connectivity index (χ1v) is 6.50. The van der Waals surface area contributed by atoms with Crippen molar-refractivity contribution in [2.24, 2.45) is 5.92 Å². The van der Waals surface area contributed by atoms with Crippen LogP contribution in [0.1, 0.15) is 22.8 Å². The maximum atomic E-state index is 12.1. The third kappa shape index (κ3) is 5.61. The molecule has 3 N–H and O–H groups in total. The lowest BCUT2D eigenvalue weighted by Crippen LogP contribution is -2.33. The number of carbonyl (C=O) groups is 3. The predicted octanol–water partition coefficient (Wildman–Crippen LogP) is 1.95. The van der Waals surface area contributed by atoms with Crippen LogP contribution in [0.25, 0.3) is 0 Å². The second-order valence-corrected chi connectivity index (χ2v) is 4.88. The largest absolute Gasteiger partial charge is 0.481 e. The van der Waals surface area contributed by atoms with Crippen molar-refractivity contribution in [1.29, 1.82) is 0 Å². The number of carboxylic acid groups (broad SMARTS) is 1. The molecule has 0 aliphatic carbocycles. The number of alkyl halides is 3. The highest BCUT2D eigenvalue weighted by atomic mass is 19.4. The summed E-state index contributed by atoms with van der Waals surface area (Å²) in [5.74, 6) is -4.38. The van der Waals surface area contributed by atoms with E-state index in [2.05, 4.69) is 5.32 Å². The zero-order chi connectivity index (χ0) is 17.8. The molecule has 0 spiro atoms. The Morgan fingerprint density at radius 3 is 2.39 bits per heavy atom. The quantitative estimate of drug-likeness (QED) is 0.718. The van der Waals surface area contributed by atoms with Gasteiger partial charge in [0.1, 0.15) is 12.5 Å². The molecule has 0 aliphatic rings. The standard InChI is InChI=1S/C14H15F3N2O4/c1-7-3-4-9(12(21)18-6-14(15,16)17)5-10(7)19-11(20)8(2)13(22)23/h3-5,8H,6H2,1-2H3,(H,18,21)(H,19,20)(H,22,23). The van der Waals surface area contributed by atoms with Crippen molar-refractivity contribution < 1.29 is 32.7 Å². The molecule has 0 saturated heterocycles. The lowest BCUT2D eigenvalue weighted by Gasteiger charge is -2.13. The fourth-order valence-electron chi connectivity index (χ4n) is 1.53. The molecule has 23 heavy (non-hydrogen) atoms. The number of aliphatic carboxylic acids is 1. The van der Waals surface area contributed by atoms with E-state index in [4.69, 9.17) is 5.11 Å². The number of anilines is 1. The molecule has 1 aromatic carbocycles. The summed E-state index contributed by atoms with van der Waals surface area (Å²) in [6.45, 7) is 1.31. The number of halogens is 3. The molecule has 0 aromatic heterocycles. The fraction of sp³-hybridized carbons (Fsp3) is 0.357. The van der Waals surface area contributed by atoms with Gasteiger partial charge in [0.2, 0.25) is 5.91 Å². The van der Waals surface area contributed by atoms with Crippen LogP contribution in [-0.2, 0) is 9.59 Å². The molecule has 9 heteroatoms. The van der Waals surface area contributed by atoms with Crippen LogP contribution in [0.4, 0.5) is 18.9 Å². The highest BCUT2D eigenvalue weighted by Crippen LogP contribution is 2.19. The normalized spacial score (nSPS) is 12.4. The molecule has 0 bridgehead atoms. The molecule has 0 aliphatic heterocycles. The molecule has 1 unspecified atom stereocenters. The zero-order valence-electron chi connectivity index (χ0n) is 12.3. The van der Waals surface area contributed by atoms with Gasteiger partial charge in [-0.1, -0.05) is 6.07 Å². The number of aryl methyl sites for hydroxylation is 1. The van der Waals surface area contributed by atoms with Gasteiger partial charge in [0, 0.05) is 11.3 Å². The van der Waals surface area contributed by atoms with E-state index in [1.807, 2.05) is 0 Å². The van der Waals surface area contributed by atoms with Crippen molar-refractivity contribution in [3.63, 3.8) is 0 Å². The summed E-state index contributed by atoms with van der Waals surface area (Å²) in [5, 5.41) is 12.8. The van der Waals surface area contributed by atoms with Crippen LogP contribution in [0.2, 0.25) is 0 Å². The van der Waals surface area contributed by atoms with Gasteiger partial charge in [-0.3, -0.25) is 14.4 Å². The minimum atomic E-state index is -4.53. The van der Waals surface area contributed by atoms with Crippen LogP contribution < -0.4 is 10.6 Å². The molecule has 2 amide bonds. The molecule has 0 fully saturated rings. The van der Waals surface area contributed by atoms with Crippen molar-refractivity contribution in [3.05, 3.63) is 29.3 Å². The van der Waals surface area contributed by atoms with Crippen molar-refractivity contribution >= 4 is 23.5 Å². The van der Waals surface area contributed by atoms with Gasteiger partial charge in [-0.25, -0.2) is 0 Å². The lowest BCUT2D eigenvalue weighted by atomic mass is 10.1. The molecule has 6 nitrogen and oxygen atoms in total. The fourth-order valence-corrected chi connectivity index (χ4v) is 1.53. The van der Waals surface area contributed by atoms with Crippen LogP contribution in [0.15, 0.2) is 18.2 Å². The summed E-state index contributed by atoms with van der Waals surface area (Å²) < 4.78 is 36.3. The number of hydrogen-bond acceptors (Lipinski definition) is 3. The Labute approximate surface area is 129 Å². The minimum absolute atomic E-state index is 0.0851. The van der Waals surface area contributed by atoms with E-state index >= 15 is 0 Å². The highest BCUT2D eigenvalue weighted by molar-refractivity contribution is 6.05. The third-order valence-electron chi connectivity index (χ3n) is 2.97. The number of rotatable bonds is 5. The topological polar surface area (TPSA) is 95.5 Å². The molecular weight excluding hydrogens is 317 g/mol. The average Bonchev–Trinajstić information content (AvgIpc) is 2.45. The number of hydrogen-bond donors (Lipinski definition) is 3. The van der Waals surface area contributed by atoms with Crippen molar-refractivity contribution in [1.82, 2.24) is 5.32 Å². The Morgan fingerprint density at radius 1 is 1.26 bits per heavy atom. The van der Waals surface area contributed by atoms with E-state index in [-0.39, 0.29) is 11.3 Å². The van der Waals surface area contributed by atoms with Gasteiger partial charge in [0.25, 0.3) is 5.91 Å². The number of amides is 2. The molecule has 126 valence electrons. The first-order valence-electron chi connectivity index (χ1n) is 6.50. The maximum absolute atomic E-state index is 12.1. The Bertz CT molecular complexity index is 629. The summed E-state index contributed by atoms with van der Waals surface area (Å²) >= 11 is 0. The second-order valence-electron chi connectivity index (χ2n) is 4.88. The SMILES string of the molecule is Cc1ccc(C(=O)NCC(F)(F)F)cc1NC(=O)C(C)C(=O)O. The van der Waals surface area contributed by atoms with Crippen molar-refractivity contribution in [3.8, 4) is 0 Å². The molecular formula is C14H15F3N2O4. The molecule has 1 atom stereocenters. The van der Waals surface area contributed by atoms with Gasteiger partial charge in [-0.05, 0) is 31.5 Å². The van der Waals surface area contributed by atoms with Crippen LogP contribution in [-0.4, -0.2) is 35.6 Å². The van der Waals surface area contributed by atoms with Gasteiger partial charge >= 0.3 is 12.1 Å². The molecule has 1 rings (SSSR count). The second kappa shape index (κ2) is 7.12. The van der Waals surface area contributed by atoms with E-state index in [0.29, 0.717) is 5.56 Å². The number of carboxylic acids is 1. The van der Waals surface area contributed by atoms with E-state index < -0.39 is 36.4 Å². The Kier molecular flexibility index (Phi) is 5.72. The van der Waals surface area contributed by atoms with Crippen LogP contribution in [0.3, 0.4) is 0 Å². The summed E-state index contributed by atoms with van der Waals surface area (Å²) in [6, 6.07) is 3.92. The summed E-state index contributed by atoms with van der Waals surface area (Å²) in [5.41, 5.74) is 0.601. The van der Waals surface area contributed by atoms with Crippen LogP contribution >= 0.6 is 0 Å². The molecule has 0 radical (unpaired) electrons. The summed E-state index contributed by atoms with van der Waals surface area (Å²) in [7, 11) is 0. The molecule has 0 heterocycles. The molecule has 1 aromatic rings. The van der Waals surface area contributed by atoms with Crippen molar-refractivity contribution in [2.75, 3.05) is 11.9 Å². The smallest absolute Gasteiger partial charge is 0.405 e. The zero-order valence-corrected chi connectivity index (χ0v) is 12.3. The highest BCUT2D eigenvalue weighted by Gasteiger charge is 2.28. The number of carbonyl (C=O) groups excluding carboxylic acids is 2. The summed E-state index contributed by atoms with van der Waals surface area (Å²) in [6.07, 6.45) is -4.53. The Morgan fingerprint density at radius 2 is 1.87 bits per heavy atom. The first kappa shape index (κ1) is 18.5. The van der Waals surface area contributed by atoms with E-state index in [1.54, 1.807) is 12.2 Å².